The van der Waals surface area contributed by atoms with Gasteiger partial charge in [0.25, 0.3) is 0 Å². The lowest BCUT2D eigenvalue weighted by atomic mass is 10.1. The topological polar surface area (TPSA) is 49.3 Å². The first-order valence-electron chi connectivity index (χ1n) is 5.54. The van der Waals surface area contributed by atoms with Crippen molar-refractivity contribution in [3.05, 3.63) is 59.2 Å². The largest absolute Gasteiger partial charge is 0.478 e. The molecular weight excluding hydrogens is 252 g/mol. The number of aryl methyl sites for hydroxylation is 1. The Hall–Kier alpha value is -2.43. The number of carboxylic acid groups (broad SMARTS) is 1. The maximum absolute atomic E-state index is 13.7. The summed E-state index contributed by atoms with van der Waals surface area (Å²) in [5.41, 5.74) is 0.310. The number of anilines is 2. The Kier molecular flexibility index (Phi) is 3.46. The van der Waals surface area contributed by atoms with E-state index >= 15 is 0 Å². The summed E-state index contributed by atoms with van der Waals surface area (Å²) in [6, 6.07) is 7.94. The van der Waals surface area contributed by atoms with Gasteiger partial charge < -0.3 is 10.4 Å². The summed E-state index contributed by atoms with van der Waals surface area (Å²) in [6.07, 6.45) is 0. The first-order valence-corrected chi connectivity index (χ1v) is 5.54. The standard InChI is InChI=1S/C14H11F2NO2/c1-8-5-6-10(15)12(7-8)17-13-9(14(18)19)3-2-4-11(13)16/h2-7,17H,1H3,(H,18,19). The third-order valence-corrected chi connectivity index (χ3v) is 2.63. The molecule has 0 fully saturated rings. The van der Waals surface area contributed by atoms with Crippen LogP contribution in [0, 0.1) is 18.6 Å². The van der Waals surface area contributed by atoms with Crippen molar-refractivity contribution in [3.8, 4) is 0 Å². The van der Waals surface area contributed by atoms with Crippen molar-refractivity contribution in [3.63, 3.8) is 0 Å². The fraction of sp³-hybridized carbons (Fsp3) is 0.0714. The van der Waals surface area contributed by atoms with Gasteiger partial charge in [0, 0.05) is 0 Å². The molecule has 0 radical (unpaired) electrons. The van der Waals surface area contributed by atoms with Crippen molar-refractivity contribution in [2.75, 3.05) is 5.32 Å². The molecule has 0 saturated heterocycles. The van der Waals surface area contributed by atoms with Gasteiger partial charge in [-0.3, -0.25) is 0 Å². The number of carbonyl (C=O) groups is 1. The Balaban J connectivity index is 2.49. The van der Waals surface area contributed by atoms with E-state index in [4.69, 9.17) is 5.11 Å². The highest BCUT2D eigenvalue weighted by Crippen LogP contribution is 2.26. The normalized spacial score (nSPS) is 10.3. The molecule has 0 aliphatic heterocycles. The summed E-state index contributed by atoms with van der Waals surface area (Å²) in [7, 11) is 0. The molecule has 0 aromatic heterocycles. The maximum atomic E-state index is 13.7. The van der Waals surface area contributed by atoms with Crippen molar-refractivity contribution in [2.24, 2.45) is 0 Å². The molecule has 0 unspecified atom stereocenters. The van der Waals surface area contributed by atoms with Crippen LogP contribution in [0.4, 0.5) is 20.2 Å². The van der Waals surface area contributed by atoms with E-state index in [0.717, 1.165) is 11.6 Å². The number of aromatic carboxylic acids is 1. The highest BCUT2D eigenvalue weighted by molar-refractivity contribution is 5.95. The molecular formula is C14H11F2NO2. The van der Waals surface area contributed by atoms with Gasteiger partial charge in [-0.15, -0.1) is 0 Å². The summed E-state index contributed by atoms with van der Waals surface area (Å²) < 4.78 is 27.3. The van der Waals surface area contributed by atoms with Gasteiger partial charge >= 0.3 is 5.97 Å². The molecule has 0 aliphatic carbocycles. The van der Waals surface area contributed by atoms with Crippen LogP contribution in [0.25, 0.3) is 0 Å². The molecule has 0 atom stereocenters. The van der Waals surface area contributed by atoms with Crippen LogP contribution in [0.1, 0.15) is 15.9 Å². The highest BCUT2D eigenvalue weighted by Gasteiger charge is 2.15. The molecule has 3 nitrogen and oxygen atoms in total. The Labute approximate surface area is 108 Å². The minimum atomic E-state index is -1.28. The summed E-state index contributed by atoms with van der Waals surface area (Å²) in [4.78, 5) is 11.0. The highest BCUT2D eigenvalue weighted by atomic mass is 19.1. The van der Waals surface area contributed by atoms with Crippen LogP contribution < -0.4 is 5.32 Å². The molecule has 98 valence electrons. The lowest BCUT2D eigenvalue weighted by molar-refractivity contribution is 0.0697. The molecule has 0 bridgehead atoms. The maximum Gasteiger partial charge on any atom is 0.337 e. The Bertz CT molecular complexity index is 641. The third kappa shape index (κ3) is 2.70. The van der Waals surface area contributed by atoms with E-state index in [9.17, 15) is 13.6 Å². The van der Waals surface area contributed by atoms with Gasteiger partial charge in [0.15, 0.2) is 0 Å². The molecule has 2 N–H and O–H groups in total. The lowest BCUT2D eigenvalue weighted by Gasteiger charge is -2.12. The van der Waals surface area contributed by atoms with E-state index in [1.807, 2.05) is 0 Å². The summed E-state index contributed by atoms with van der Waals surface area (Å²) in [6.45, 7) is 1.75. The predicted octanol–water partition coefficient (Wildman–Crippen LogP) is 3.72. The van der Waals surface area contributed by atoms with Gasteiger partial charge in [-0.1, -0.05) is 12.1 Å². The second-order valence-electron chi connectivity index (χ2n) is 4.08. The van der Waals surface area contributed by atoms with Crippen LogP contribution in [-0.4, -0.2) is 11.1 Å². The molecule has 2 rings (SSSR count). The first kappa shape index (κ1) is 13.0. The zero-order valence-corrected chi connectivity index (χ0v) is 10.1. The summed E-state index contributed by atoms with van der Waals surface area (Å²) >= 11 is 0. The van der Waals surface area contributed by atoms with Crippen molar-refractivity contribution in [1.29, 1.82) is 0 Å². The van der Waals surface area contributed by atoms with Crippen molar-refractivity contribution in [2.45, 2.75) is 6.92 Å². The van der Waals surface area contributed by atoms with Crippen molar-refractivity contribution in [1.82, 2.24) is 0 Å². The Morgan fingerprint density at radius 1 is 1.16 bits per heavy atom. The summed E-state index contributed by atoms with van der Waals surface area (Å²) in [5.74, 6) is -2.61. The van der Waals surface area contributed by atoms with E-state index in [2.05, 4.69) is 5.32 Å². The van der Waals surface area contributed by atoms with E-state index < -0.39 is 17.6 Å². The number of hydrogen-bond acceptors (Lipinski definition) is 2. The second kappa shape index (κ2) is 5.06. The lowest BCUT2D eigenvalue weighted by Crippen LogP contribution is -2.05. The minimum absolute atomic E-state index is 0.0348. The molecule has 5 heteroatoms. The van der Waals surface area contributed by atoms with Gasteiger partial charge in [-0.2, -0.15) is 0 Å². The number of halogens is 2. The van der Waals surface area contributed by atoms with E-state index in [1.165, 1.54) is 24.3 Å². The second-order valence-corrected chi connectivity index (χ2v) is 4.08. The monoisotopic (exact) mass is 263 g/mol. The van der Waals surface area contributed by atoms with Crippen LogP contribution in [0.5, 0.6) is 0 Å². The van der Waals surface area contributed by atoms with Gasteiger partial charge in [-0.25, -0.2) is 13.6 Å². The molecule has 0 spiro atoms. The number of carboxylic acids is 1. The number of nitrogens with one attached hydrogen (secondary N) is 1. The predicted molar refractivity (Wildman–Crippen MR) is 67.8 cm³/mol. The van der Waals surface area contributed by atoms with E-state index in [1.54, 1.807) is 13.0 Å². The van der Waals surface area contributed by atoms with Crippen LogP contribution in [0.2, 0.25) is 0 Å². The molecule has 2 aromatic rings. The van der Waals surface area contributed by atoms with E-state index in [-0.39, 0.29) is 16.9 Å². The average molecular weight is 263 g/mol. The number of para-hydroxylation sites is 1. The number of hydrogen-bond donors (Lipinski definition) is 2. The molecule has 19 heavy (non-hydrogen) atoms. The first-order chi connectivity index (χ1) is 8.99. The summed E-state index contributed by atoms with van der Waals surface area (Å²) in [5, 5.41) is 11.5. The van der Waals surface area contributed by atoms with Gasteiger partial charge in [0.2, 0.25) is 0 Å². The SMILES string of the molecule is Cc1ccc(F)c(Nc2c(F)cccc2C(=O)O)c1. The molecule has 0 amide bonds. The number of benzene rings is 2. The molecule has 0 aliphatic rings. The van der Waals surface area contributed by atoms with Crippen LogP contribution in [0.15, 0.2) is 36.4 Å². The fourth-order valence-electron chi connectivity index (χ4n) is 1.70. The van der Waals surface area contributed by atoms with Crippen LogP contribution in [0.3, 0.4) is 0 Å². The van der Waals surface area contributed by atoms with Gasteiger partial charge in [0.05, 0.1) is 16.9 Å². The third-order valence-electron chi connectivity index (χ3n) is 2.63. The fourth-order valence-corrected chi connectivity index (χ4v) is 1.70. The zero-order chi connectivity index (χ0) is 14.0. The molecule has 0 heterocycles. The Morgan fingerprint density at radius 2 is 1.89 bits per heavy atom. The molecule has 0 saturated carbocycles. The van der Waals surface area contributed by atoms with Crippen LogP contribution in [-0.2, 0) is 0 Å². The van der Waals surface area contributed by atoms with Crippen molar-refractivity contribution >= 4 is 17.3 Å². The Morgan fingerprint density at radius 3 is 2.58 bits per heavy atom. The quantitative estimate of drug-likeness (QED) is 0.887. The molecule has 2 aromatic carbocycles. The van der Waals surface area contributed by atoms with Crippen molar-refractivity contribution < 1.29 is 18.7 Å². The average Bonchev–Trinajstić information content (AvgIpc) is 2.35. The zero-order valence-electron chi connectivity index (χ0n) is 10.1. The smallest absolute Gasteiger partial charge is 0.337 e. The van der Waals surface area contributed by atoms with Gasteiger partial charge in [-0.05, 0) is 36.8 Å². The minimum Gasteiger partial charge on any atom is -0.478 e. The van der Waals surface area contributed by atoms with Crippen LogP contribution >= 0.6 is 0 Å². The number of rotatable bonds is 3. The van der Waals surface area contributed by atoms with E-state index in [0.29, 0.717) is 0 Å². The van der Waals surface area contributed by atoms with Gasteiger partial charge in [0.1, 0.15) is 11.6 Å².